The minimum absolute atomic E-state index is 0.0289. The third-order valence-electron chi connectivity index (χ3n) is 4.58. The predicted octanol–water partition coefficient (Wildman–Crippen LogP) is 3.90. The van der Waals surface area contributed by atoms with Crippen LogP contribution in [0.25, 0.3) is 0 Å². The van der Waals surface area contributed by atoms with Crippen LogP contribution >= 0.6 is 0 Å². The molecule has 0 saturated heterocycles. The van der Waals surface area contributed by atoms with E-state index in [1.165, 1.54) is 5.56 Å². The summed E-state index contributed by atoms with van der Waals surface area (Å²) in [5, 5.41) is 3.02. The van der Waals surface area contributed by atoms with E-state index >= 15 is 0 Å². The molecule has 2 aromatic rings. The number of benzene rings is 2. The first-order valence-electron chi connectivity index (χ1n) is 8.71. The van der Waals surface area contributed by atoms with E-state index in [9.17, 15) is 4.79 Å². The van der Waals surface area contributed by atoms with Crippen LogP contribution in [0.1, 0.15) is 24.5 Å². The number of hydrogen-bond acceptors (Lipinski definition) is 3. The number of likely N-dealkylation sites (N-methyl/N-ethyl adjacent to an activating group) is 1. The number of hydrogen-bond donors (Lipinski definition) is 1. The Hall–Kier alpha value is -2.33. The van der Waals surface area contributed by atoms with Gasteiger partial charge in [0.15, 0.2) is 0 Å². The minimum atomic E-state index is -0.171. The van der Waals surface area contributed by atoms with Gasteiger partial charge in [-0.25, -0.2) is 0 Å². The van der Waals surface area contributed by atoms with Gasteiger partial charge in [0.25, 0.3) is 0 Å². The molecule has 2 aromatic carbocycles. The Labute approximate surface area is 150 Å². The van der Waals surface area contributed by atoms with E-state index in [1.54, 1.807) is 7.11 Å². The average Bonchev–Trinajstić information content (AvgIpc) is 2.63. The molecule has 0 aliphatic carbocycles. The summed E-state index contributed by atoms with van der Waals surface area (Å²) in [7, 11) is 3.67. The van der Waals surface area contributed by atoms with Crippen molar-refractivity contribution in [2.24, 2.45) is 0 Å². The predicted molar refractivity (Wildman–Crippen MR) is 103 cm³/mol. The second kappa shape index (κ2) is 9.23. The van der Waals surface area contributed by atoms with Gasteiger partial charge in [0.1, 0.15) is 5.75 Å². The molecule has 0 radical (unpaired) electrons. The zero-order chi connectivity index (χ0) is 18.2. The van der Waals surface area contributed by atoms with Gasteiger partial charge in [0, 0.05) is 5.69 Å². The van der Waals surface area contributed by atoms with Crippen LogP contribution in [-0.4, -0.2) is 37.6 Å². The fourth-order valence-electron chi connectivity index (χ4n) is 2.67. The maximum Gasteiger partial charge on any atom is 0.241 e. The van der Waals surface area contributed by atoms with Gasteiger partial charge in [-0.1, -0.05) is 30.3 Å². The van der Waals surface area contributed by atoms with E-state index in [-0.39, 0.29) is 11.9 Å². The van der Waals surface area contributed by atoms with E-state index in [0.717, 1.165) is 36.4 Å². The van der Waals surface area contributed by atoms with Crippen molar-refractivity contribution < 1.29 is 9.53 Å². The molecular formula is C21H28N2O2. The SMILES string of the molecule is COc1ccc(CCCN(C)C(C)C(=O)Nc2ccccc2C)cc1. The zero-order valence-corrected chi connectivity index (χ0v) is 15.6. The molecule has 0 aliphatic rings. The lowest BCUT2D eigenvalue weighted by Crippen LogP contribution is -2.40. The number of nitrogens with zero attached hydrogens (tertiary/aromatic N) is 1. The maximum absolute atomic E-state index is 12.4. The van der Waals surface area contributed by atoms with Crippen molar-refractivity contribution in [2.45, 2.75) is 32.7 Å². The molecule has 2 rings (SSSR count). The molecule has 1 unspecified atom stereocenters. The van der Waals surface area contributed by atoms with Crippen molar-refractivity contribution in [1.29, 1.82) is 0 Å². The van der Waals surface area contributed by atoms with Crippen molar-refractivity contribution in [1.82, 2.24) is 4.90 Å². The quantitative estimate of drug-likeness (QED) is 0.792. The maximum atomic E-state index is 12.4. The number of nitrogens with one attached hydrogen (secondary N) is 1. The summed E-state index contributed by atoms with van der Waals surface area (Å²) in [6, 6.07) is 15.8. The topological polar surface area (TPSA) is 41.6 Å². The molecule has 1 atom stereocenters. The summed E-state index contributed by atoms with van der Waals surface area (Å²) in [5.74, 6) is 0.906. The normalized spacial score (nSPS) is 12.0. The van der Waals surface area contributed by atoms with Crippen LogP contribution in [0.15, 0.2) is 48.5 Å². The van der Waals surface area contributed by atoms with E-state index in [0.29, 0.717) is 0 Å². The zero-order valence-electron chi connectivity index (χ0n) is 15.6. The molecule has 4 nitrogen and oxygen atoms in total. The number of anilines is 1. The lowest BCUT2D eigenvalue weighted by Gasteiger charge is -2.24. The third kappa shape index (κ3) is 5.61. The van der Waals surface area contributed by atoms with Crippen LogP contribution in [0.4, 0.5) is 5.69 Å². The molecule has 0 bridgehead atoms. The first-order chi connectivity index (χ1) is 12.0. The van der Waals surface area contributed by atoms with Crippen molar-refractivity contribution >= 4 is 11.6 Å². The average molecular weight is 340 g/mol. The number of para-hydroxylation sites is 1. The Morgan fingerprint density at radius 1 is 1.16 bits per heavy atom. The first-order valence-corrected chi connectivity index (χ1v) is 8.71. The molecular weight excluding hydrogens is 312 g/mol. The van der Waals surface area contributed by atoms with E-state index in [4.69, 9.17) is 4.74 Å². The Balaban J connectivity index is 1.79. The van der Waals surface area contributed by atoms with Crippen LogP contribution in [0.2, 0.25) is 0 Å². The van der Waals surface area contributed by atoms with Gasteiger partial charge in [0.05, 0.1) is 13.2 Å². The van der Waals surface area contributed by atoms with E-state index < -0.39 is 0 Å². The van der Waals surface area contributed by atoms with Crippen LogP contribution in [-0.2, 0) is 11.2 Å². The number of carbonyl (C=O) groups is 1. The van der Waals surface area contributed by atoms with Gasteiger partial charge >= 0.3 is 0 Å². The number of aryl methyl sites for hydroxylation is 2. The van der Waals surface area contributed by atoms with Gasteiger partial charge < -0.3 is 10.1 Å². The molecule has 0 saturated carbocycles. The summed E-state index contributed by atoms with van der Waals surface area (Å²) < 4.78 is 5.17. The Morgan fingerprint density at radius 3 is 2.48 bits per heavy atom. The minimum Gasteiger partial charge on any atom is -0.497 e. The largest absolute Gasteiger partial charge is 0.497 e. The number of carbonyl (C=O) groups excluding carboxylic acids is 1. The second-order valence-electron chi connectivity index (χ2n) is 6.41. The van der Waals surface area contributed by atoms with Crippen molar-refractivity contribution in [3.63, 3.8) is 0 Å². The highest BCUT2D eigenvalue weighted by Crippen LogP contribution is 2.15. The molecule has 0 heterocycles. The van der Waals surface area contributed by atoms with Gasteiger partial charge in [-0.05, 0) is 69.6 Å². The molecule has 134 valence electrons. The van der Waals surface area contributed by atoms with Gasteiger partial charge in [-0.3, -0.25) is 9.69 Å². The molecule has 1 amide bonds. The van der Waals surface area contributed by atoms with Crippen LogP contribution < -0.4 is 10.1 Å². The Bertz CT molecular complexity index is 683. The molecule has 25 heavy (non-hydrogen) atoms. The van der Waals surface area contributed by atoms with E-state index in [1.807, 2.05) is 57.3 Å². The summed E-state index contributed by atoms with van der Waals surface area (Å²) >= 11 is 0. The highest BCUT2D eigenvalue weighted by molar-refractivity contribution is 5.95. The molecule has 1 N–H and O–H groups in total. The van der Waals surface area contributed by atoms with Crippen molar-refractivity contribution in [3.8, 4) is 5.75 Å². The Morgan fingerprint density at radius 2 is 1.84 bits per heavy atom. The van der Waals surface area contributed by atoms with Crippen LogP contribution in [0, 0.1) is 6.92 Å². The highest BCUT2D eigenvalue weighted by atomic mass is 16.5. The fraction of sp³-hybridized carbons (Fsp3) is 0.381. The molecule has 0 aliphatic heterocycles. The summed E-state index contributed by atoms with van der Waals surface area (Å²) in [5.41, 5.74) is 3.24. The smallest absolute Gasteiger partial charge is 0.241 e. The third-order valence-corrected chi connectivity index (χ3v) is 4.58. The molecule has 0 spiro atoms. The van der Waals surface area contributed by atoms with Gasteiger partial charge in [-0.15, -0.1) is 0 Å². The monoisotopic (exact) mass is 340 g/mol. The van der Waals surface area contributed by atoms with Crippen molar-refractivity contribution in [2.75, 3.05) is 26.0 Å². The van der Waals surface area contributed by atoms with Gasteiger partial charge in [-0.2, -0.15) is 0 Å². The second-order valence-corrected chi connectivity index (χ2v) is 6.41. The molecule has 0 aromatic heterocycles. The fourth-order valence-corrected chi connectivity index (χ4v) is 2.67. The summed E-state index contributed by atoms with van der Waals surface area (Å²) in [4.78, 5) is 14.5. The lowest BCUT2D eigenvalue weighted by atomic mass is 10.1. The van der Waals surface area contributed by atoms with Gasteiger partial charge in [0.2, 0.25) is 5.91 Å². The first kappa shape index (κ1) is 19.0. The number of amides is 1. The standard InChI is InChI=1S/C21H28N2O2/c1-16-8-5-6-10-20(16)22-21(24)17(2)23(3)15-7-9-18-11-13-19(25-4)14-12-18/h5-6,8,10-14,17H,7,9,15H2,1-4H3,(H,22,24). The van der Waals surface area contributed by atoms with E-state index in [2.05, 4.69) is 22.3 Å². The summed E-state index contributed by atoms with van der Waals surface area (Å²) in [6.45, 7) is 4.81. The molecule has 4 heteroatoms. The number of ether oxygens (including phenoxy) is 1. The summed E-state index contributed by atoms with van der Waals surface area (Å²) in [6.07, 6.45) is 1.99. The molecule has 0 fully saturated rings. The van der Waals surface area contributed by atoms with Crippen LogP contribution in [0.5, 0.6) is 5.75 Å². The van der Waals surface area contributed by atoms with Crippen molar-refractivity contribution in [3.05, 3.63) is 59.7 Å². The number of methoxy groups -OCH3 is 1. The number of rotatable bonds is 8. The Kier molecular flexibility index (Phi) is 7.02. The highest BCUT2D eigenvalue weighted by Gasteiger charge is 2.18. The lowest BCUT2D eigenvalue weighted by molar-refractivity contribution is -0.120. The van der Waals surface area contributed by atoms with Crippen LogP contribution in [0.3, 0.4) is 0 Å².